The van der Waals surface area contributed by atoms with Gasteiger partial charge in [-0.25, -0.2) is 8.42 Å². The van der Waals surface area contributed by atoms with Gasteiger partial charge in [-0.3, -0.25) is 9.59 Å². The zero-order chi connectivity index (χ0) is 18.6. The van der Waals surface area contributed by atoms with Crippen molar-refractivity contribution in [2.24, 2.45) is 0 Å². The van der Waals surface area contributed by atoms with E-state index in [1.807, 2.05) is 0 Å². The molecule has 1 fully saturated rings. The number of hydrogen-bond donors (Lipinski definition) is 0. The summed E-state index contributed by atoms with van der Waals surface area (Å²) in [5, 5.41) is 0. The van der Waals surface area contributed by atoms with E-state index in [0.717, 1.165) is 0 Å². The van der Waals surface area contributed by atoms with Gasteiger partial charge >= 0.3 is 0 Å². The van der Waals surface area contributed by atoms with Crippen molar-refractivity contribution in [1.29, 1.82) is 0 Å². The fourth-order valence-corrected chi connectivity index (χ4v) is 4.41. The Morgan fingerprint density at radius 2 is 1.60 bits per heavy atom. The first-order valence-electron chi connectivity index (χ1n) is 8.46. The van der Waals surface area contributed by atoms with Gasteiger partial charge in [0.15, 0.2) is 0 Å². The first-order valence-corrected chi connectivity index (χ1v) is 9.90. The van der Waals surface area contributed by atoms with E-state index < -0.39 is 10.0 Å². The number of carbonyl (C=O) groups excluding carboxylic acids is 2. The van der Waals surface area contributed by atoms with E-state index in [1.54, 1.807) is 35.8 Å². The van der Waals surface area contributed by atoms with Crippen LogP contribution in [0.2, 0.25) is 0 Å². The third-order valence-electron chi connectivity index (χ3n) is 4.44. The van der Waals surface area contributed by atoms with Crippen LogP contribution in [0.4, 0.5) is 0 Å². The molecular formula is C17H25N3O4S. The van der Waals surface area contributed by atoms with Gasteiger partial charge in [0.05, 0.1) is 4.90 Å². The minimum atomic E-state index is -3.60. The number of hydrogen-bond acceptors (Lipinski definition) is 4. The Hall–Kier alpha value is -1.93. The summed E-state index contributed by atoms with van der Waals surface area (Å²) in [5.74, 6) is -0.209. The molecule has 0 atom stereocenters. The zero-order valence-electron chi connectivity index (χ0n) is 14.9. The van der Waals surface area contributed by atoms with Crippen LogP contribution in [0.5, 0.6) is 0 Å². The second-order valence-corrected chi connectivity index (χ2v) is 7.85. The molecule has 1 saturated heterocycles. The molecule has 1 heterocycles. The molecule has 25 heavy (non-hydrogen) atoms. The van der Waals surface area contributed by atoms with Gasteiger partial charge in [0, 0.05) is 51.8 Å². The lowest BCUT2D eigenvalue weighted by atomic mass is 10.2. The fourth-order valence-electron chi connectivity index (χ4n) is 2.91. The van der Waals surface area contributed by atoms with E-state index >= 15 is 0 Å². The third-order valence-corrected chi connectivity index (χ3v) is 6.48. The van der Waals surface area contributed by atoms with Crippen molar-refractivity contribution in [3.05, 3.63) is 29.8 Å². The minimum absolute atomic E-state index is 0.000544. The highest BCUT2D eigenvalue weighted by atomic mass is 32.2. The molecule has 0 bridgehead atoms. The van der Waals surface area contributed by atoms with E-state index in [-0.39, 0.29) is 16.7 Å². The Balaban J connectivity index is 2.19. The number of benzene rings is 1. The fraction of sp³-hybridized carbons (Fsp3) is 0.529. The van der Waals surface area contributed by atoms with E-state index in [1.165, 1.54) is 23.4 Å². The zero-order valence-corrected chi connectivity index (χ0v) is 15.8. The van der Waals surface area contributed by atoms with Crippen molar-refractivity contribution in [3.8, 4) is 0 Å². The maximum Gasteiger partial charge on any atom is 0.254 e. The van der Waals surface area contributed by atoms with Crippen molar-refractivity contribution in [2.45, 2.75) is 25.7 Å². The second-order valence-electron chi connectivity index (χ2n) is 5.92. The van der Waals surface area contributed by atoms with Gasteiger partial charge in [-0.1, -0.05) is 19.9 Å². The van der Waals surface area contributed by atoms with E-state index in [2.05, 4.69) is 0 Å². The highest BCUT2D eigenvalue weighted by Gasteiger charge is 2.26. The Labute approximate surface area is 149 Å². The Kier molecular flexibility index (Phi) is 6.18. The molecule has 0 saturated carbocycles. The molecule has 0 spiro atoms. The molecule has 0 N–H and O–H groups in total. The van der Waals surface area contributed by atoms with Crippen molar-refractivity contribution >= 4 is 21.8 Å². The average Bonchev–Trinajstić information content (AvgIpc) is 2.62. The predicted octanol–water partition coefficient (Wildman–Crippen LogP) is 1.02. The highest BCUT2D eigenvalue weighted by Crippen LogP contribution is 2.18. The normalized spacial score (nSPS) is 15.5. The molecule has 1 aliphatic heterocycles. The molecule has 1 aromatic carbocycles. The molecule has 0 aliphatic carbocycles. The van der Waals surface area contributed by atoms with Gasteiger partial charge in [0.25, 0.3) is 5.91 Å². The summed E-state index contributed by atoms with van der Waals surface area (Å²) in [6, 6.07) is 6.17. The first-order chi connectivity index (χ1) is 11.8. The number of nitrogens with zero attached hydrogens (tertiary/aromatic N) is 3. The Morgan fingerprint density at radius 1 is 1.04 bits per heavy atom. The van der Waals surface area contributed by atoms with Crippen molar-refractivity contribution in [3.63, 3.8) is 0 Å². The van der Waals surface area contributed by atoms with Crippen LogP contribution in [0.3, 0.4) is 0 Å². The maximum absolute atomic E-state index is 12.7. The lowest BCUT2D eigenvalue weighted by Crippen LogP contribution is -2.50. The molecule has 2 rings (SSSR count). The van der Waals surface area contributed by atoms with Crippen molar-refractivity contribution in [1.82, 2.24) is 14.1 Å². The quantitative estimate of drug-likeness (QED) is 0.778. The third kappa shape index (κ3) is 4.19. The molecule has 2 amide bonds. The first kappa shape index (κ1) is 19.4. The Morgan fingerprint density at radius 3 is 2.12 bits per heavy atom. The van der Waals surface area contributed by atoms with Crippen LogP contribution in [-0.4, -0.2) is 73.6 Å². The van der Waals surface area contributed by atoms with Gasteiger partial charge in [0.2, 0.25) is 15.9 Å². The van der Waals surface area contributed by atoms with Crippen LogP contribution >= 0.6 is 0 Å². The van der Waals surface area contributed by atoms with E-state index in [4.69, 9.17) is 0 Å². The summed E-state index contributed by atoms with van der Waals surface area (Å²) in [5.41, 5.74) is 0.351. The van der Waals surface area contributed by atoms with Crippen LogP contribution in [0, 0.1) is 0 Å². The SMILES string of the molecule is CCN(CC)S(=O)(=O)c1cccc(C(=O)N2CCN(C(C)=O)CC2)c1. The standard InChI is InChI=1S/C17H25N3O4S/c1-4-20(5-2)25(23,24)16-8-6-7-15(13-16)17(22)19-11-9-18(10-12-19)14(3)21/h6-8,13H,4-5,9-12H2,1-3H3. The molecule has 7 nitrogen and oxygen atoms in total. The summed E-state index contributed by atoms with van der Waals surface area (Å²) < 4.78 is 26.6. The second kappa shape index (κ2) is 7.97. The summed E-state index contributed by atoms with van der Waals surface area (Å²) in [6.07, 6.45) is 0. The largest absolute Gasteiger partial charge is 0.339 e. The Bertz CT molecular complexity index is 736. The topological polar surface area (TPSA) is 78.0 Å². The number of sulfonamides is 1. The smallest absolute Gasteiger partial charge is 0.254 e. The molecule has 1 aromatic rings. The maximum atomic E-state index is 12.7. The molecule has 0 unspecified atom stereocenters. The van der Waals surface area contributed by atoms with Gasteiger partial charge in [-0.05, 0) is 18.2 Å². The molecule has 8 heteroatoms. The monoisotopic (exact) mass is 367 g/mol. The summed E-state index contributed by atoms with van der Waals surface area (Å²) in [7, 11) is -3.60. The van der Waals surface area contributed by atoms with Crippen LogP contribution in [-0.2, 0) is 14.8 Å². The minimum Gasteiger partial charge on any atom is -0.339 e. The van der Waals surface area contributed by atoms with Gasteiger partial charge in [0.1, 0.15) is 0 Å². The molecule has 138 valence electrons. The molecule has 1 aliphatic rings. The summed E-state index contributed by atoms with van der Waals surface area (Å²) >= 11 is 0. The highest BCUT2D eigenvalue weighted by molar-refractivity contribution is 7.89. The van der Waals surface area contributed by atoms with E-state index in [0.29, 0.717) is 44.8 Å². The average molecular weight is 367 g/mol. The number of amides is 2. The molecule has 0 aromatic heterocycles. The van der Waals surface area contributed by atoms with Gasteiger partial charge in [-0.15, -0.1) is 0 Å². The van der Waals surface area contributed by atoms with Crippen molar-refractivity contribution < 1.29 is 18.0 Å². The number of carbonyl (C=O) groups is 2. The number of piperazine rings is 1. The number of rotatable bonds is 5. The van der Waals surface area contributed by atoms with Crippen LogP contribution < -0.4 is 0 Å². The van der Waals surface area contributed by atoms with Gasteiger partial charge < -0.3 is 9.80 Å². The van der Waals surface area contributed by atoms with Crippen molar-refractivity contribution in [2.75, 3.05) is 39.3 Å². The summed E-state index contributed by atoms with van der Waals surface area (Å²) in [6.45, 7) is 7.73. The predicted molar refractivity (Wildman–Crippen MR) is 94.7 cm³/mol. The van der Waals surface area contributed by atoms with Crippen LogP contribution in [0.25, 0.3) is 0 Å². The van der Waals surface area contributed by atoms with Crippen LogP contribution in [0.15, 0.2) is 29.2 Å². The van der Waals surface area contributed by atoms with Crippen LogP contribution in [0.1, 0.15) is 31.1 Å². The lowest BCUT2D eigenvalue weighted by Gasteiger charge is -2.34. The lowest BCUT2D eigenvalue weighted by molar-refractivity contribution is -0.130. The van der Waals surface area contributed by atoms with E-state index in [9.17, 15) is 18.0 Å². The summed E-state index contributed by atoms with van der Waals surface area (Å²) in [4.78, 5) is 27.5. The molecule has 0 radical (unpaired) electrons. The van der Waals surface area contributed by atoms with Gasteiger partial charge in [-0.2, -0.15) is 4.31 Å². The molecular weight excluding hydrogens is 342 g/mol.